The van der Waals surface area contributed by atoms with Crippen molar-refractivity contribution in [3.63, 3.8) is 0 Å². The van der Waals surface area contributed by atoms with E-state index in [2.05, 4.69) is 69.0 Å². The van der Waals surface area contributed by atoms with Crippen LogP contribution < -0.4 is 19.9 Å². The van der Waals surface area contributed by atoms with Gasteiger partial charge in [-0.25, -0.2) is 9.97 Å². The molecule has 59 heavy (non-hydrogen) atoms. The number of hydrogen-bond acceptors (Lipinski definition) is 12. The molecule has 0 bridgehead atoms. The number of piperazine rings is 2. The van der Waals surface area contributed by atoms with Gasteiger partial charge in [0.25, 0.3) is 5.91 Å². The number of piperidine rings is 2. The quantitative estimate of drug-likeness (QED) is 0.211. The monoisotopic (exact) mass is 807 g/mol. The van der Waals surface area contributed by atoms with Crippen LogP contribution in [-0.4, -0.2) is 154 Å². The SMILES string of the molecule is CC(C)Oc1ccc2[nH]nc(-c3cc(N4CCN(CCN5CCC(CN6CCN(c7ccc8c(c7)CN(C7CCC(=O)NC7=O)C8=O)CC6)CC5)[C@@H](C)C4)ncn3)c2c1.[HH].[HH]. The number of amides is 3. The summed E-state index contributed by atoms with van der Waals surface area (Å²) < 4.78 is 5.94. The van der Waals surface area contributed by atoms with Gasteiger partial charge in [-0.15, -0.1) is 0 Å². The maximum atomic E-state index is 13.2. The van der Waals surface area contributed by atoms with Crippen molar-refractivity contribution in [3.8, 4) is 17.1 Å². The first-order valence-corrected chi connectivity index (χ1v) is 21.6. The van der Waals surface area contributed by atoms with E-state index in [0.717, 1.165) is 116 Å². The van der Waals surface area contributed by atoms with E-state index >= 15 is 0 Å². The molecular weight excluding hydrogens is 747 g/mol. The molecular formula is C44H61N11O4. The largest absolute Gasteiger partial charge is 0.491 e. The lowest BCUT2D eigenvalue weighted by Gasteiger charge is -2.42. The standard InChI is InChI=1S/C44H57N11O4.2H2/c1-29(2)59-34-5-7-37-36(23-34)42(49-48-37)38-24-40(46-28-45-38)54-21-20-52(30(3)25-54)17-14-50-12-10-31(11-13-50)26-51-15-18-53(19-16-51)33-4-6-35-32(22-33)27-55(44(35)58)39-8-9-41(56)47-43(39)57;;/h4-7,22-24,28-31,39H,8-21,25-27H2,1-3H3,(H,48,49)(H,47,56,57);2*1H/t30-,39?;;/m0../s1. The minimum absolute atomic E-state index is 0. The van der Waals surface area contributed by atoms with Crippen LogP contribution in [-0.2, 0) is 16.1 Å². The van der Waals surface area contributed by atoms with Gasteiger partial charge in [0.2, 0.25) is 11.8 Å². The molecule has 0 spiro atoms. The van der Waals surface area contributed by atoms with E-state index in [1.54, 1.807) is 11.2 Å². The van der Waals surface area contributed by atoms with Crippen LogP contribution in [0.1, 0.15) is 65.2 Å². The highest BCUT2D eigenvalue weighted by Crippen LogP contribution is 2.33. The summed E-state index contributed by atoms with van der Waals surface area (Å²) in [6, 6.07) is 14.0. The third kappa shape index (κ3) is 8.50. The van der Waals surface area contributed by atoms with Crippen molar-refractivity contribution in [2.45, 2.75) is 71.2 Å². The Kier molecular flexibility index (Phi) is 11.2. The Labute approximate surface area is 349 Å². The number of aromatic amines is 1. The van der Waals surface area contributed by atoms with E-state index in [1.165, 1.54) is 25.9 Å². The van der Waals surface area contributed by atoms with E-state index in [9.17, 15) is 14.4 Å². The summed E-state index contributed by atoms with van der Waals surface area (Å²) in [5.41, 5.74) is 5.34. The Morgan fingerprint density at radius 1 is 0.864 bits per heavy atom. The minimum atomic E-state index is -0.583. The van der Waals surface area contributed by atoms with Crippen LogP contribution in [0.2, 0.25) is 0 Å². The Balaban J connectivity index is 0.00000281. The van der Waals surface area contributed by atoms with Crippen molar-refractivity contribution < 1.29 is 22.0 Å². The molecule has 1 unspecified atom stereocenters. The molecule has 0 radical (unpaired) electrons. The number of nitrogens with one attached hydrogen (secondary N) is 2. The van der Waals surface area contributed by atoms with Crippen LogP contribution in [0.25, 0.3) is 22.3 Å². The van der Waals surface area contributed by atoms with E-state index in [0.29, 0.717) is 24.6 Å². The fourth-order valence-corrected chi connectivity index (χ4v) is 9.69. The van der Waals surface area contributed by atoms with Crippen molar-refractivity contribution in [1.82, 2.24) is 45.1 Å². The molecule has 4 fully saturated rings. The number of ether oxygens (including phenoxy) is 1. The average molecular weight is 808 g/mol. The number of H-pyrrole nitrogens is 1. The number of carbonyl (C=O) groups excluding carboxylic acids is 3. The molecule has 2 aromatic heterocycles. The fraction of sp³-hybridized carbons (Fsp3) is 0.545. The number of likely N-dealkylation sites (tertiary alicyclic amines) is 1. The molecule has 4 saturated heterocycles. The molecule has 0 saturated carbocycles. The highest BCUT2D eigenvalue weighted by atomic mass is 16.5. The second-order valence-corrected chi connectivity index (χ2v) is 17.4. The number of aromatic nitrogens is 4. The van der Waals surface area contributed by atoms with Gasteiger partial charge in [-0.05, 0) is 101 Å². The molecule has 5 aliphatic rings. The zero-order valence-corrected chi connectivity index (χ0v) is 34.6. The average Bonchev–Trinajstić information content (AvgIpc) is 3.81. The van der Waals surface area contributed by atoms with Crippen molar-refractivity contribution in [1.29, 1.82) is 0 Å². The molecule has 2 N–H and O–H groups in total. The summed E-state index contributed by atoms with van der Waals surface area (Å²) in [5, 5.41) is 11.1. The second-order valence-electron chi connectivity index (χ2n) is 17.4. The zero-order valence-electron chi connectivity index (χ0n) is 34.6. The first-order valence-electron chi connectivity index (χ1n) is 21.6. The molecule has 7 heterocycles. The number of rotatable bonds is 11. The van der Waals surface area contributed by atoms with E-state index < -0.39 is 6.04 Å². The third-order valence-electron chi connectivity index (χ3n) is 13.1. The van der Waals surface area contributed by atoms with Gasteiger partial charge in [-0.3, -0.25) is 34.6 Å². The predicted octanol–water partition coefficient (Wildman–Crippen LogP) is 4.10. The van der Waals surface area contributed by atoms with Crippen LogP contribution in [0.5, 0.6) is 5.75 Å². The number of fused-ring (bicyclic) bond motifs is 2. The van der Waals surface area contributed by atoms with Gasteiger partial charge in [-0.1, -0.05) is 0 Å². The lowest BCUT2D eigenvalue weighted by Crippen LogP contribution is -2.54. The van der Waals surface area contributed by atoms with Gasteiger partial charge in [0.15, 0.2) is 0 Å². The molecule has 9 rings (SSSR count). The van der Waals surface area contributed by atoms with E-state index in [4.69, 9.17) is 4.74 Å². The van der Waals surface area contributed by atoms with Crippen molar-refractivity contribution in [2.75, 3.05) is 88.3 Å². The number of hydrogen-bond donors (Lipinski definition) is 2. The van der Waals surface area contributed by atoms with Crippen molar-refractivity contribution in [3.05, 3.63) is 59.9 Å². The summed E-state index contributed by atoms with van der Waals surface area (Å²) in [4.78, 5) is 60.9. The van der Waals surface area contributed by atoms with Crippen molar-refractivity contribution >= 4 is 40.1 Å². The third-order valence-corrected chi connectivity index (χ3v) is 13.1. The maximum Gasteiger partial charge on any atom is 0.255 e. The van der Waals surface area contributed by atoms with Gasteiger partial charge < -0.3 is 24.3 Å². The smallest absolute Gasteiger partial charge is 0.255 e. The molecule has 3 amide bonds. The van der Waals surface area contributed by atoms with Crippen LogP contribution in [0.3, 0.4) is 0 Å². The summed E-state index contributed by atoms with van der Waals surface area (Å²) in [7, 11) is 0. The Bertz CT molecular complexity index is 2190. The van der Waals surface area contributed by atoms with Crippen LogP contribution in [0, 0.1) is 5.92 Å². The second kappa shape index (κ2) is 16.9. The van der Waals surface area contributed by atoms with Crippen LogP contribution >= 0.6 is 0 Å². The Morgan fingerprint density at radius 2 is 1.68 bits per heavy atom. The molecule has 2 aromatic carbocycles. The molecule has 0 aliphatic carbocycles. The molecule has 2 atom stereocenters. The number of anilines is 2. The number of nitrogens with zero attached hydrogens (tertiary/aromatic N) is 9. The van der Waals surface area contributed by atoms with Gasteiger partial charge in [0.05, 0.1) is 17.3 Å². The number of carbonyl (C=O) groups is 3. The first kappa shape index (κ1) is 39.3. The number of benzene rings is 2. The summed E-state index contributed by atoms with van der Waals surface area (Å²) in [6.07, 6.45) is 4.90. The van der Waals surface area contributed by atoms with Gasteiger partial charge in [0, 0.05) is 110 Å². The van der Waals surface area contributed by atoms with E-state index in [-0.39, 0.29) is 33.1 Å². The summed E-state index contributed by atoms with van der Waals surface area (Å²) >= 11 is 0. The highest BCUT2D eigenvalue weighted by molar-refractivity contribution is 6.05. The highest BCUT2D eigenvalue weighted by Gasteiger charge is 2.39. The molecule has 15 nitrogen and oxygen atoms in total. The molecule has 4 aromatic rings. The number of imide groups is 1. The molecule has 5 aliphatic heterocycles. The van der Waals surface area contributed by atoms with Gasteiger partial charge in [0.1, 0.15) is 29.6 Å². The maximum absolute atomic E-state index is 13.2. The van der Waals surface area contributed by atoms with Gasteiger partial charge in [-0.2, -0.15) is 5.10 Å². The Morgan fingerprint density at radius 3 is 2.46 bits per heavy atom. The predicted molar refractivity (Wildman–Crippen MR) is 231 cm³/mol. The normalized spacial score (nSPS) is 22.8. The lowest BCUT2D eigenvalue weighted by atomic mass is 9.96. The summed E-state index contributed by atoms with van der Waals surface area (Å²) in [6.45, 7) is 19.4. The van der Waals surface area contributed by atoms with Crippen LogP contribution in [0.15, 0.2) is 48.8 Å². The van der Waals surface area contributed by atoms with Gasteiger partial charge >= 0.3 is 0 Å². The van der Waals surface area contributed by atoms with Crippen molar-refractivity contribution in [2.24, 2.45) is 5.92 Å². The van der Waals surface area contributed by atoms with Crippen LogP contribution in [0.4, 0.5) is 11.5 Å². The summed E-state index contributed by atoms with van der Waals surface area (Å²) in [5.74, 6) is 1.75. The molecule has 15 heteroatoms. The molecule has 316 valence electrons. The van der Waals surface area contributed by atoms with E-state index in [1.807, 2.05) is 44.2 Å². The Hall–Kier alpha value is -5.12. The fourth-order valence-electron chi connectivity index (χ4n) is 9.69. The topological polar surface area (TPSA) is 146 Å². The first-order chi connectivity index (χ1) is 28.6. The minimum Gasteiger partial charge on any atom is -0.491 e. The zero-order chi connectivity index (χ0) is 40.6. The lowest BCUT2D eigenvalue weighted by molar-refractivity contribution is -0.136.